The molecule has 0 unspecified atom stereocenters. The van der Waals surface area contributed by atoms with Gasteiger partial charge in [-0.25, -0.2) is 0 Å². The zero-order valence-corrected chi connectivity index (χ0v) is 16.4. The summed E-state index contributed by atoms with van der Waals surface area (Å²) in [6.45, 7) is 0. The lowest BCUT2D eigenvalue weighted by Gasteiger charge is -2.10. The van der Waals surface area contributed by atoms with Crippen LogP contribution in [0.4, 0.5) is 5.69 Å². The fraction of sp³-hybridized carbons (Fsp3) is 0.318. The van der Waals surface area contributed by atoms with Crippen molar-refractivity contribution in [3.63, 3.8) is 0 Å². The molecule has 1 fully saturated rings. The monoisotopic (exact) mass is 390 g/mol. The van der Waals surface area contributed by atoms with Crippen molar-refractivity contribution in [2.24, 2.45) is 0 Å². The van der Waals surface area contributed by atoms with Crippen molar-refractivity contribution in [3.8, 4) is 5.69 Å². The quantitative estimate of drug-likeness (QED) is 0.635. The molecule has 1 aromatic heterocycles. The molecule has 0 radical (unpaired) electrons. The SMILES string of the molecule is O=C(CSc1nnc(C2CC2)n1-c1ccccc1)Nc1ccc2c(c1)CCC2. The molecule has 2 aliphatic carbocycles. The molecule has 142 valence electrons. The van der Waals surface area contributed by atoms with E-state index in [1.807, 2.05) is 24.3 Å². The van der Waals surface area contributed by atoms with Gasteiger partial charge in [0.05, 0.1) is 5.75 Å². The summed E-state index contributed by atoms with van der Waals surface area (Å²) in [7, 11) is 0. The highest BCUT2D eigenvalue weighted by molar-refractivity contribution is 7.99. The van der Waals surface area contributed by atoms with Crippen molar-refractivity contribution >= 4 is 23.4 Å². The van der Waals surface area contributed by atoms with Gasteiger partial charge < -0.3 is 5.32 Å². The zero-order valence-electron chi connectivity index (χ0n) is 15.6. The van der Waals surface area contributed by atoms with Crippen LogP contribution in [0, 0.1) is 0 Å². The maximum atomic E-state index is 12.5. The number of rotatable bonds is 6. The Morgan fingerprint density at radius 3 is 2.71 bits per heavy atom. The lowest BCUT2D eigenvalue weighted by molar-refractivity contribution is -0.113. The number of benzene rings is 2. The summed E-state index contributed by atoms with van der Waals surface area (Å²) in [5.41, 5.74) is 4.71. The van der Waals surface area contributed by atoms with Crippen molar-refractivity contribution in [3.05, 3.63) is 65.5 Å². The van der Waals surface area contributed by atoms with Gasteiger partial charge in [0.2, 0.25) is 5.91 Å². The first-order valence-electron chi connectivity index (χ1n) is 9.83. The molecule has 1 heterocycles. The third-order valence-corrected chi connectivity index (χ3v) is 6.26. The summed E-state index contributed by atoms with van der Waals surface area (Å²) in [6.07, 6.45) is 5.79. The average molecular weight is 391 g/mol. The average Bonchev–Trinajstić information content (AvgIpc) is 3.30. The van der Waals surface area contributed by atoms with E-state index < -0.39 is 0 Å². The van der Waals surface area contributed by atoms with Gasteiger partial charge in [-0.1, -0.05) is 36.0 Å². The van der Waals surface area contributed by atoms with Gasteiger partial charge in [-0.3, -0.25) is 9.36 Å². The molecule has 2 aromatic carbocycles. The number of para-hydroxylation sites is 1. The van der Waals surface area contributed by atoms with Crippen LogP contribution in [-0.2, 0) is 17.6 Å². The second-order valence-electron chi connectivity index (χ2n) is 7.46. The van der Waals surface area contributed by atoms with Crippen molar-refractivity contribution in [2.45, 2.75) is 43.2 Å². The van der Waals surface area contributed by atoms with Gasteiger partial charge in [-0.15, -0.1) is 10.2 Å². The summed E-state index contributed by atoms with van der Waals surface area (Å²) in [4.78, 5) is 12.5. The van der Waals surface area contributed by atoms with E-state index in [1.165, 1.54) is 29.3 Å². The highest BCUT2D eigenvalue weighted by atomic mass is 32.2. The van der Waals surface area contributed by atoms with Gasteiger partial charge in [0.1, 0.15) is 5.82 Å². The predicted octanol–water partition coefficient (Wildman–Crippen LogP) is 4.36. The minimum Gasteiger partial charge on any atom is -0.325 e. The molecule has 28 heavy (non-hydrogen) atoms. The fourth-order valence-corrected chi connectivity index (χ4v) is 4.54. The molecule has 0 atom stereocenters. The van der Waals surface area contributed by atoms with E-state index in [9.17, 15) is 4.79 Å². The third kappa shape index (κ3) is 3.56. The van der Waals surface area contributed by atoms with Crippen molar-refractivity contribution in [1.82, 2.24) is 14.8 Å². The van der Waals surface area contributed by atoms with Crippen LogP contribution >= 0.6 is 11.8 Å². The lowest BCUT2D eigenvalue weighted by Crippen LogP contribution is -2.15. The summed E-state index contributed by atoms with van der Waals surface area (Å²) in [5, 5.41) is 12.6. The molecule has 5 nitrogen and oxygen atoms in total. The van der Waals surface area contributed by atoms with Crippen LogP contribution < -0.4 is 5.32 Å². The van der Waals surface area contributed by atoms with E-state index in [-0.39, 0.29) is 5.91 Å². The van der Waals surface area contributed by atoms with Gasteiger partial charge in [0.25, 0.3) is 0 Å². The Labute approximate surface area is 168 Å². The first kappa shape index (κ1) is 17.5. The summed E-state index contributed by atoms with van der Waals surface area (Å²) < 4.78 is 2.10. The number of aromatic nitrogens is 3. The second-order valence-corrected chi connectivity index (χ2v) is 8.40. The number of amides is 1. The Morgan fingerprint density at radius 1 is 1.07 bits per heavy atom. The van der Waals surface area contributed by atoms with E-state index in [0.29, 0.717) is 11.7 Å². The summed E-state index contributed by atoms with van der Waals surface area (Å²) in [6, 6.07) is 16.4. The lowest BCUT2D eigenvalue weighted by atomic mass is 10.1. The molecular formula is C22H22N4OS. The van der Waals surface area contributed by atoms with Crippen LogP contribution in [0.1, 0.15) is 42.1 Å². The first-order chi connectivity index (χ1) is 13.8. The fourth-order valence-electron chi connectivity index (χ4n) is 3.78. The number of aryl methyl sites for hydroxylation is 2. The maximum Gasteiger partial charge on any atom is 0.234 e. The first-order valence-corrected chi connectivity index (χ1v) is 10.8. The molecule has 0 saturated heterocycles. The topological polar surface area (TPSA) is 59.8 Å². The number of nitrogens with zero attached hydrogens (tertiary/aromatic N) is 3. The highest BCUT2D eigenvalue weighted by Crippen LogP contribution is 2.41. The molecule has 1 N–H and O–H groups in total. The molecule has 1 amide bonds. The number of carbonyl (C=O) groups is 1. The van der Waals surface area contributed by atoms with E-state index in [4.69, 9.17) is 0 Å². The molecular weight excluding hydrogens is 368 g/mol. The number of thioether (sulfide) groups is 1. The minimum atomic E-state index is -0.0152. The van der Waals surface area contributed by atoms with Gasteiger partial charge in [0, 0.05) is 17.3 Å². The Kier molecular flexibility index (Phi) is 4.64. The highest BCUT2D eigenvalue weighted by Gasteiger charge is 2.31. The van der Waals surface area contributed by atoms with Crippen LogP contribution in [0.5, 0.6) is 0 Å². The van der Waals surface area contributed by atoms with Crippen LogP contribution in [0.2, 0.25) is 0 Å². The van der Waals surface area contributed by atoms with Gasteiger partial charge in [-0.2, -0.15) is 0 Å². The zero-order chi connectivity index (χ0) is 18.9. The smallest absolute Gasteiger partial charge is 0.234 e. The number of carbonyl (C=O) groups excluding carboxylic acids is 1. The largest absolute Gasteiger partial charge is 0.325 e. The predicted molar refractivity (Wildman–Crippen MR) is 111 cm³/mol. The van der Waals surface area contributed by atoms with Gasteiger partial charge in [-0.05, 0) is 67.5 Å². The van der Waals surface area contributed by atoms with Crippen molar-refractivity contribution in [1.29, 1.82) is 0 Å². The van der Waals surface area contributed by atoms with Crippen LogP contribution in [0.25, 0.3) is 5.69 Å². The number of hydrogen-bond donors (Lipinski definition) is 1. The molecule has 0 bridgehead atoms. The molecule has 1 saturated carbocycles. The molecule has 0 aliphatic heterocycles. The molecule has 6 heteroatoms. The number of fused-ring (bicyclic) bond motifs is 1. The van der Waals surface area contributed by atoms with Crippen LogP contribution in [0.3, 0.4) is 0 Å². The summed E-state index contributed by atoms with van der Waals surface area (Å²) in [5.74, 6) is 1.79. The third-order valence-electron chi connectivity index (χ3n) is 5.33. The van der Waals surface area contributed by atoms with Gasteiger partial charge >= 0.3 is 0 Å². The Morgan fingerprint density at radius 2 is 1.89 bits per heavy atom. The molecule has 5 rings (SSSR count). The van der Waals surface area contributed by atoms with E-state index in [2.05, 4.69) is 44.3 Å². The Balaban J connectivity index is 1.29. The summed E-state index contributed by atoms with van der Waals surface area (Å²) >= 11 is 1.44. The van der Waals surface area contributed by atoms with E-state index >= 15 is 0 Å². The van der Waals surface area contributed by atoms with Crippen molar-refractivity contribution < 1.29 is 4.79 Å². The second kappa shape index (κ2) is 7.43. The van der Waals surface area contributed by atoms with Gasteiger partial charge in [0.15, 0.2) is 5.16 Å². The van der Waals surface area contributed by atoms with E-state index in [1.54, 1.807) is 0 Å². The van der Waals surface area contributed by atoms with E-state index in [0.717, 1.165) is 48.0 Å². The molecule has 2 aliphatic rings. The van der Waals surface area contributed by atoms with Crippen LogP contribution in [-0.4, -0.2) is 26.4 Å². The molecule has 0 spiro atoms. The standard InChI is InChI=1S/C22H22N4OS/c27-20(23-18-12-11-15-5-4-6-17(15)13-18)14-28-22-25-24-21(16-9-10-16)26(22)19-7-2-1-3-8-19/h1-3,7-8,11-13,16H,4-6,9-10,14H2,(H,23,27). The number of nitrogens with one attached hydrogen (secondary N) is 1. The Hall–Kier alpha value is -2.60. The van der Waals surface area contributed by atoms with Crippen molar-refractivity contribution in [2.75, 3.05) is 11.1 Å². The number of anilines is 1. The maximum absolute atomic E-state index is 12.5. The Bertz CT molecular complexity index is 1010. The minimum absolute atomic E-state index is 0.0152. The normalized spacial score (nSPS) is 15.4. The van der Waals surface area contributed by atoms with Crippen LogP contribution in [0.15, 0.2) is 53.7 Å². The number of hydrogen-bond acceptors (Lipinski definition) is 4. The molecule has 3 aromatic rings.